The number of aliphatic hydroxyl groups is 1. The minimum Gasteiger partial charge on any atom is -0.371 e. The summed E-state index contributed by atoms with van der Waals surface area (Å²) in [5.41, 5.74) is 2.19. The van der Waals surface area contributed by atoms with E-state index in [0.29, 0.717) is 29.7 Å². The van der Waals surface area contributed by atoms with Crippen LogP contribution in [0.3, 0.4) is 0 Å². The van der Waals surface area contributed by atoms with Crippen molar-refractivity contribution in [2.75, 3.05) is 0 Å². The number of carbonyl (C=O) groups excluding carboxylic acids is 1. The Labute approximate surface area is 165 Å². The maximum absolute atomic E-state index is 12.4. The topological polar surface area (TPSA) is 55.8 Å². The van der Waals surface area contributed by atoms with Crippen molar-refractivity contribution in [3.8, 4) is 0 Å². The minimum atomic E-state index is -2.09. The van der Waals surface area contributed by atoms with E-state index >= 15 is 0 Å². The highest BCUT2D eigenvalue weighted by Gasteiger charge is 2.55. The lowest BCUT2D eigenvalue weighted by molar-refractivity contribution is -0.121. The van der Waals surface area contributed by atoms with E-state index in [0.717, 1.165) is 11.8 Å². The molecule has 0 aromatic heterocycles. The molecular formula is C22H36O4Si. The summed E-state index contributed by atoms with van der Waals surface area (Å²) in [6, 6.07) is 9.99. The van der Waals surface area contributed by atoms with Gasteiger partial charge in [0.1, 0.15) is 6.29 Å². The molecule has 152 valence electrons. The van der Waals surface area contributed by atoms with Crippen LogP contribution in [-0.2, 0) is 20.9 Å². The molecule has 1 N–H and O–H groups in total. The van der Waals surface area contributed by atoms with Crippen LogP contribution in [0.1, 0.15) is 53.5 Å². The Morgan fingerprint density at radius 2 is 1.67 bits per heavy atom. The number of carbonyl (C=O) groups is 1. The summed E-state index contributed by atoms with van der Waals surface area (Å²) in [5.74, 6) is 0. The van der Waals surface area contributed by atoms with Gasteiger partial charge in [-0.2, -0.15) is 0 Å². The molecule has 0 radical (unpaired) electrons. The Balaban J connectivity index is 2.29. The second kappa shape index (κ2) is 9.46. The van der Waals surface area contributed by atoms with Crippen LogP contribution in [0.25, 0.3) is 0 Å². The third-order valence-corrected chi connectivity index (χ3v) is 14.1. The first-order valence-corrected chi connectivity index (χ1v) is 12.5. The number of hydrogen-bond acceptors (Lipinski definition) is 4. The first-order chi connectivity index (χ1) is 12.7. The standard InChI is InChI=1S/C22H36O4Si/c1-15(2)27(16(3)4,17(5)6)20(13-23)22-19(12-21(24)26-22)25-14-18-10-8-7-9-11-18/h7-11,13,15-17,19-22,24H,12,14H2,1-6H3/t19-,20-,21?,22-/m0/s1. The van der Waals surface area contributed by atoms with Crippen LogP contribution in [0, 0.1) is 0 Å². The zero-order chi connectivity index (χ0) is 20.2. The zero-order valence-electron chi connectivity index (χ0n) is 17.6. The highest BCUT2D eigenvalue weighted by Crippen LogP contribution is 2.52. The van der Waals surface area contributed by atoms with E-state index in [-0.39, 0.29) is 17.7 Å². The number of rotatable bonds is 9. The van der Waals surface area contributed by atoms with Crippen molar-refractivity contribution in [2.24, 2.45) is 0 Å². The molecule has 0 spiro atoms. The molecule has 1 heterocycles. The fraction of sp³-hybridized carbons (Fsp3) is 0.682. The van der Waals surface area contributed by atoms with Gasteiger partial charge in [-0.15, -0.1) is 0 Å². The summed E-state index contributed by atoms with van der Waals surface area (Å²) in [6.45, 7) is 13.9. The van der Waals surface area contributed by atoms with Crippen LogP contribution in [0.15, 0.2) is 30.3 Å². The molecule has 1 aliphatic rings. The molecular weight excluding hydrogens is 356 g/mol. The monoisotopic (exact) mass is 392 g/mol. The van der Waals surface area contributed by atoms with Crippen molar-refractivity contribution < 1.29 is 19.4 Å². The van der Waals surface area contributed by atoms with E-state index in [1.54, 1.807) is 0 Å². The van der Waals surface area contributed by atoms with Gasteiger partial charge in [-0.05, 0) is 22.2 Å². The molecule has 0 bridgehead atoms. The third kappa shape index (κ3) is 4.53. The van der Waals surface area contributed by atoms with Gasteiger partial charge in [-0.1, -0.05) is 71.9 Å². The second-order valence-corrected chi connectivity index (χ2v) is 14.9. The average molecular weight is 393 g/mol. The maximum Gasteiger partial charge on any atom is 0.157 e. The van der Waals surface area contributed by atoms with Gasteiger partial charge in [-0.3, -0.25) is 0 Å². The van der Waals surface area contributed by atoms with E-state index in [1.165, 1.54) is 0 Å². The lowest BCUT2D eigenvalue weighted by Gasteiger charge is -2.49. The van der Waals surface area contributed by atoms with E-state index in [9.17, 15) is 9.90 Å². The molecule has 0 amide bonds. The number of hydrogen-bond donors (Lipinski definition) is 1. The maximum atomic E-state index is 12.4. The molecule has 1 aromatic rings. The normalized spacial score (nSPS) is 24.7. The lowest BCUT2D eigenvalue weighted by atomic mass is 10.1. The number of aldehydes is 1. The predicted octanol–water partition coefficient (Wildman–Crippen LogP) is 4.93. The first kappa shape index (κ1) is 22.3. The largest absolute Gasteiger partial charge is 0.371 e. The summed E-state index contributed by atoms with van der Waals surface area (Å²) in [6.07, 6.45) is 0.0176. The summed E-state index contributed by atoms with van der Waals surface area (Å²) in [7, 11) is -2.09. The quantitative estimate of drug-likeness (QED) is 0.478. The average Bonchev–Trinajstić information content (AvgIpc) is 2.97. The highest BCUT2D eigenvalue weighted by molar-refractivity contribution is 6.87. The van der Waals surface area contributed by atoms with Crippen molar-refractivity contribution in [3.05, 3.63) is 35.9 Å². The van der Waals surface area contributed by atoms with Crippen LogP contribution in [0.2, 0.25) is 22.2 Å². The zero-order valence-corrected chi connectivity index (χ0v) is 18.6. The fourth-order valence-electron chi connectivity index (χ4n) is 5.55. The number of ether oxygens (including phenoxy) is 2. The van der Waals surface area contributed by atoms with Crippen LogP contribution in [0.5, 0.6) is 0 Å². The van der Waals surface area contributed by atoms with Gasteiger partial charge in [0.2, 0.25) is 0 Å². The Kier molecular flexibility index (Phi) is 7.80. The van der Waals surface area contributed by atoms with Gasteiger partial charge in [0, 0.05) is 12.0 Å². The molecule has 5 heteroatoms. The third-order valence-electron chi connectivity index (χ3n) is 6.50. The first-order valence-electron chi connectivity index (χ1n) is 10.2. The van der Waals surface area contributed by atoms with Crippen molar-refractivity contribution in [3.63, 3.8) is 0 Å². The van der Waals surface area contributed by atoms with Gasteiger partial charge in [0.15, 0.2) is 6.29 Å². The molecule has 1 unspecified atom stereocenters. The molecule has 2 rings (SSSR count). The summed E-state index contributed by atoms with van der Waals surface area (Å²) >= 11 is 0. The Bertz CT molecular complexity index is 565. The molecule has 4 atom stereocenters. The number of benzene rings is 1. The van der Waals surface area contributed by atoms with E-state index < -0.39 is 14.4 Å². The van der Waals surface area contributed by atoms with Gasteiger partial charge >= 0.3 is 0 Å². The van der Waals surface area contributed by atoms with Crippen LogP contribution < -0.4 is 0 Å². The van der Waals surface area contributed by atoms with E-state index in [2.05, 4.69) is 41.5 Å². The van der Waals surface area contributed by atoms with Crippen molar-refractivity contribution in [1.29, 1.82) is 0 Å². The summed E-state index contributed by atoms with van der Waals surface area (Å²) < 4.78 is 12.1. The smallest absolute Gasteiger partial charge is 0.157 e. The molecule has 0 saturated carbocycles. The molecule has 27 heavy (non-hydrogen) atoms. The van der Waals surface area contributed by atoms with Crippen molar-refractivity contribution in [1.82, 2.24) is 0 Å². The molecule has 1 saturated heterocycles. The Morgan fingerprint density at radius 3 is 2.15 bits per heavy atom. The van der Waals surface area contributed by atoms with Crippen molar-refractivity contribution in [2.45, 2.75) is 95.2 Å². The van der Waals surface area contributed by atoms with Crippen LogP contribution in [0.4, 0.5) is 0 Å². The summed E-state index contributed by atoms with van der Waals surface area (Å²) in [5, 5.41) is 10.2. The van der Waals surface area contributed by atoms with E-state index in [4.69, 9.17) is 9.47 Å². The Morgan fingerprint density at radius 1 is 1.11 bits per heavy atom. The second-order valence-electron chi connectivity index (χ2n) is 8.75. The SMILES string of the molecule is CC(C)[Si](C(C)C)(C(C)C)[C@@H](C=O)[C@H]1OC(O)C[C@@H]1OCc1ccccc1. The van der Waals surface area contributed by atoms with Gasteiger partial charge in [-0.25, -0.2) is 0 Å². The minimum absolute atomic E-state index is 0.199. The van der Waals surface area contributed by atoms with Crippen LogP contribution in [-0.4, -0.2) is 38.0 Å². The lowest BCUT2D eigenvalue weighted by Crippen LogP contribution is -2.55. The van der Waals surface area contributed by atoms with Crippen LogP contribution >= 0.6 is 0 Å². The fourth-order valence-corrected chi connectivity index (χ4v) is 13.0. The van der Waals surface area contributed by atoms with E-state index in [1.807, 2.05) is 30.3 Å². The summed E-state index contributed by atoms with van der Waals surface area (Å²) in [4.78, 5) is 12.4. The molecule has 1 aliphatic heterocycles. The highest BCUT2D eigenvalue weighted by atomic mass is 28.3. The predicted molar refractivity (Wildman–Crippen MR) is 111 cm³/mol. The molecule has 4 nitrogen and oxygen atoms in total. The van der Waals surface area contributed by atoms with Gasteiger partial charge < -0.3 is 19.4 Å². The van der Waals surface area contributed by atoms with Gasteiger partial charge in [0.25, 0.3) is 0 Å². The van der Waals surface area contributed by atoms with Gasteiger partial charge in [0.05, 0.1) is 26.9 Å². The Hall–Kier alpha value is -1.01. The molecule has 0 aliphatic carbocycles. The molecule has 1 fully saturated rings. The number of aliphatic hydroxyl groups excluding tert-OH is 1. The van der Waals surface area contributed by atoms with Crippen molar-refractivity contribution >= 4 is 14.4 Å². The molecule has 1 aromatic carbocycles.